The number of hydrogen-bond acceptors (Lipinski definition) is 2. The molecule has 58 heavy (non-hydrogen) atoms. The lowest BCUT2D eigenvalue weighted by atomic mass is 9.98. The highest BCUT2D eigenvalue weighted by molar-refractivity contribution is 6.19. The number of aromatic nitrogens is 4. The van der Waals surface area contributed by atoms with Crippen molar-refractivity contribution in [2.24, 2.45) is 0 Å². The van der Waals surface area contributed by atoms with E-state index in [4.69, 9.17) is 9.97 Å². The fourth-order valence-corrected chi connectivity index (χ4v) is 9.68. The molecule has 0 amide bonds. The van der Waals surface area contributed by atoms with Crippen molar-refractivity contribution in [3.8, 4) is 56.3 Å². The van der Waals surface area contributed by atoms with Crippen LogP contribution in [-0.2, 0) is 0 Å². The Hall–Kier alpha value is -7.82. The minimum absolute atomic E-state index is 0.734. The number of rotatable bonds is 4. The number of nitrogens with zero attached hydrogens (tertiary/aromatic N) is 4. The predicted octanol–water partition coefficient (Wildman–Crippen LogP) is 14.0. The van der Waals surface area contributed by atoms with Crippen LogP contribution in [0.1, 0.15) is 0 Å². The smallest absolute Gasteiger partial charge is 0.160 e. The summed E-state index contributed by atoms with van der Waals surface area (Å²) in [5.41, 5.74) is 16.0. The third kappa shape index (κ3) is 4.40. The molecule has 3 aromatic heterocycles. The molecule has 0 atom stereocenters. The molecule has 0 spiro atoms. The van der Waals surface area contributed by atoms with Gasteiger partial charge in [-0.3, -0.25) is 0 Å². The van der Waals surface area contributed by atoms with Crippen LogP contribution in [0.15, 0.2) is 194 Å². The minimum Gasteiger partial charge on any atom is -0.309 e. The normalized spacial score (nSPS) is 12.1. The Balaban J connectivity index is 0.975. The molecule has 12 aromatic rings. The molecule has 0 saturated carbocycles. The Morgan fingerprint density at radius 1 is 0.345 bits per heavy atom. The Labute approximate surface area is 333 Å². The van der Waals surface area contributed by atoms with Gasteiger partial charge in [0.05, 0.1) is 33.3 Å². The Kier molecular flexibility index (Phi) is 6.41. The average Bonchev–Trinajstić information content (AvgIpc) is 3.93. The van der Waals surface area contributed by atoms with Gasteiger partial charge in [0.15, 0.2) is 5.82 Å². The lowest BCUT2D eigenvalue weighted by Gasteiger charge is -2.13. The molecule has 3 heterocycles. The SMILES string of the molecule is c1ccc(-n2c3ccccc3c3cc(-c4ccc5c(ccc6c7ccccc7n(-c7cccc(-c8nc9c%10c(cccc%10n8)-c8ccccc8-9)c7)c56)c4)ccc32)cc1. The molecule has 0 fully saturated rings. The standard InChI is InChI=1S/C54H32N4/c1-2-13-37(14-3-1)57-48-22-8-7-18-42(48)46-32-34(26-29-50(46)57)33-24-27-39-35(30-33)25-28-45-41-17-6-9-23-49(41)58(53(39)45)38-15-10-12-36(31-38)54-55-47-21-11-20-43-40-16-4-5-19-44(40)52(56-54)51(43)47/h1-32H. The van der Waals surface area contributed by atoms with Gasteiger partial charge in [-0.15, -0.1) is 0 Å². The van der Waals surface area contributed by atoms with E-state index in [0.29, 0.717) is 0 Å². The molecule has 268 valence electrons. The molecule has 1 aliphatic rings. The third-order valence-corrected chi connectivity index (χ3v) is 12.2. The van der Waals surface area contributed by atoms with Crippen molar-refractivity contribution in [1.82, 2.24) is 19.1 Å². The lowest BCUT2D eigenvalue weighted by Crippen LogP contribution is -1.97. The summed E-state index contributed by atoms with van der Waals surface area (Å²) in [6.07, 6.45) is 0. The molecule has 0 saturated heterocycles. The number of benzene rings is 9. The molecule has 0 bridgehead atoms. The number of fused-ring (bicyclic) bond motifs is 11. The quantitative estimate of drug-likeness (QED) is 0.180. The van der Waals surface area contributed by atoms with Crippen molar-refractivity contribution in [3.05, 3.63) is 194 Å². The molecule has 0 N–H and O–H groups in total. The summed E-state index contributed by atoms with van der Waals surface area (Å²) in [6, 6.07) is 70.2. The Bertz CT molecular complexity index is 3680. The van der Waals surface area contributed by atoms with Gasteiger partial charge in [-0.1, -0.05) is 133 Å². The molecule has 0 unspecified atom stereocenters. The van der Waals surface area contributed by atoms with Gasteiger partial charge in [0.25, 0.3) is 0 Å². The summed E-state index contributed by atoms with van der Waals surface area (Å²) in [4.78, 5) is 10.4. The van der Waals surface area contributed by atoms with Crippen molar-refractivity contribution in [2.75, 3.05) is 0 Å². The first-order valence-corrected chi connectivity index (χ1v) is 19.8. The van der Waals surface area contributed by atoms with Gasteiger partial charge in [0.1, 0.15) is 0 Å². The second kappa shape index (κ2) is 11.8. The van der Waals surface area contributed by atoms with Crippen LogP contribution in [0.4, 0.5) is 0 Å². The summed E-state index contributed by atoms with van der Waals surface area (Å²) in [7, 11) is 0. The molecule has 4 heteroatoms. The highest BCUT2D eigenvalue weighted by Crippen LogP contribution is 2.46. The maximum Gasteiger partial charge on any atom is 0.160 e. The second-order valence-electron chi connectivity index (χ2n) is 15.4. The first kappa shape index (κ1) is 31.4. The molecular formula is C54H32N4. The van der Waals surface area contributed by atoms with Gasteiger partial charge in [-0.25, -0.2) is 9.97 Å². The van der Waals surface area contributed by atoms with E-state index in [0.717, 1.165) is 33.7 Å². The first-order chi connectivity index (χ1) is 28.8. The van der Waals surface area contributed by atoms with Crippen molar-refractivity contribution in [2.45, 2.75) is 0 Å². The summed E-state index contributed by atoms with van der Waals surface area (Å²) in [6.45, 7) is 0. The third-order valence-electron chi connectivity index (χ3n) is 12.2. The second-order valence-corrected chi connectivity index (χ2v) is 15.4. The van der Waals surface area contributed by atoms with E-state index >= 15 is 0 Å². The molecule has 0 aliphatic heterocycles. The van der Waals surface area contributed by atoms with E-state index in [-0.39, 0.29) is 0 Å². The fraction of sp³-hybridized carbons (Fsp3) is 0. The molecule has 4 nitrogen and oxygen atoms in total. The minimum atomic E-state index is 0.734. The zero-order valence-corrected chi connectivity index (χ0v) is 31.3. The van der Waals surface area contributed by atoms with Gasteiger partial charge >= 0.3 is 0 Å². The van der Waals surface area contributed by atoms with Crippen LogP contribution in [-0.4, -0.2) is 19.1 Å². The van der Waals surface area contributed by atoms with Crippen LogP contribution in [0, 0.1) is 0 Å². The summed E-state index contributed by atoms with van der Waals surface area (Å²) in [5.74, 6) is 0.734. The predicted molar refractivity (Wildman–Crippen MR) is 241 cm³/mol. The Morgan fingerprint density at radius 2 is 1.00 bits per heavy atom. The van der Waals surface area contributed by atoms with E-state index in [2.05, 4.69) is 203 Å². The summed E-state index contributed by atoms with van der Waals surface area (Å²) in [5, 5.41) is 8.52. The Morgan fingerprint density at radius 3 is 1.88 bits per heavy atom. The molecule has 9 aromatic carbocycles. The van der Waals surface area contributed by atoms with E-state index in [9.17, 15) is 0 Å². The number of para-hydroxylation sites is 3. The zero-order chi connectivity index (χ0) is 37.9. The van der Waals surface area contributed by atoms with Crippen molar-refractivity contribution in [3.63, 3.8) is 0 Å². The van der Waals surface area contributed by atoms with Gasteiger partial charge in [0, 0.05) is 54.8 Å². The number of hydrogen-bond donors (Lipinski definition) is 0. The maximum absolute atomic E-state index is 5.25. The van der Waals surface area contributed by atoms with Crippen LogP contribution in [0.3, 0.4) is 0 Å². The van der Waals surface area contributed by atoms with Crippen LogP contribution in [0.25, 0.3) is 122 Å². The van der Waals surface area contributed by atoms with Crippen LogP contribution >= 0.6 is 0 Å². The maximum atomic E-state index is 5.25. The monoisotopic (exact) mass is 736 g/mol. The average molecular weight is 737 g/mol. The molecule has 0 radical (unpaired) electrons. The van der Waals surface area contributed by atoms with Crippen molar-refractivity contribution < 1.29 is 0 Å². The van der Waals surface area contributed by atoms with Crippen LogP contribution in [0.5, 0.6) is 0 Å². The van der Waals surface area contributed by atoms with Crippen molar-refractivity contribution >= 4 is 65.3 Å². The molecule has 1 aliphatic carbocycles. The van der Waals surface area contributed by atoms with Gasteiger partial charge in [0.2, 0.25) is 0 Å². The van der Waals surface area contributed by atoms with Gasteiger partial charge in [-0.2, -0.15) is 0 Å². The van der Waals surface area contributed by atoms with E-state index < -0.39 is 0 Å². The van der Waals surface area contributed by atoms with Gasteiger partial charge < -0.3 is 9.13 Å². The summed E-state index contributed by atoms with van der Waals surface area (Å²) < 4.78 is 4.80. The summed E-state index contributed by atoms with van der Waals surface area (Å²) >= 11 is 0. The zero-order valence-electron chi connectivity index (χ0n) is 31.3. The molecule has 13 rings (SSSR count). The first-order valence-electron chi connectivity index (χ1n) is 19.8. The van der Waals surface area contributed by atoms with Gasteiger partial charge in [-0.05, 0) is 88.3 Å². The van der Waals surface area contributed by atoms with E-state index in [1.807, 2.05) is 0 Å². The van der Waals surface area contributed by atoms with Crippen LogP contribution in [0.2, 0.25) is 0 Å². The fourth-order valence-electron chi connectivity index (χ4n) is 9.68. The van der Waals surface area contributed by atoms with Crippen LogP contribution < -0.4 is 0 Å². The topological polar surface area (TPSA) is 35.6 Å². The van der Waals surface area contributed by atoms with Crippen molar-refractivity contribution in [1.29, 1.82) is 0 Å². The van der Waals surface area contributed by atoms with E-state index in [1.54, 1.807) is 0 Å². The largest absolute Gasteiger partial charge is 0.309 e. The lowest BCUT2D eigenvalue weighted by molar-refractivity contribution is 1.18. The molecular weight excluding hydrogens is 705 g/mol. The van der Waals surface area contributed by atoms with E-state index in [1.165, 1.54) is 87.9 Å². The highest BCUT2D eigenvalue weighted by Gasteiger charge is 2.24. The highest BCUT2D eigenvalue weighted by atomic mass is 15.0.